The summed E-state index contributed by atoms with van der Waals surface area (Å²) in [6, 6.07) is 0.521. The second kappa shape index (κ2) is 12.3. The van der Waals surface area contributed by atoms with E-state index in [0.717, 1.165) is 24.3 Å². The zero-order chi connectivity index (χ0) is 18.8. The molecule has 0 aromatic heterocycles. The van der Waals surface area contributed by atoms with Crippen LogP contribution in [0.4, 0.5) is 0 Å². The Balaban J connectivity index is 4.91. The molecular formula is C22H48N2. The molecule has 0 aromatic rings. The maximum atomic E-state index is 3.84. The van der Waals surface area contributed by atoms with Crippen LogP contribution in [0.25, 0.3) is 0 Å². The van der Waals surface area contributed by atoms with Crippen molar-refractivity contribution in [3.63, 3.8) is 0 Å². The first-order valence-corrected chi connectivity index (χ1v) is 10.6. The molecule has 0 amide bonds. The normalized spacial score (nSPS) is 18.9. The van der Waals surface area contributed by atoms with Crippen LogP contribution in [0.15, 0.2) is 0 Å². The summed E-state index contributed by atoms with van der Waals surface area (Å²) in [6.45, 7) is 20.2. The minimum atomic E-state index is 0.186. The second-order valence-corrected chi connectivity index (χ2v) is 8.99. The first-order chi connectivity index (χ1) is 11.2. The topological polar surface area (TPSA) is 24.1 Å². The number of hydrogen-bond acceptors (Lipinski definition) is 2. The summed E-state index contributed by atoms with van der Waals surface area (Å²) in [7, 11) is 2.05. The molecule has 0 radical (unpaired) electrons. The third kappa shape index (κ3) is 8.85. The third-order valence-corrected chi connectivity index (χ3v) is 6.31. The Kier molecular flexibility index (Phi) is 12.3. The van der Waals surface area contributed by atoms with E-state index in [2.05, 4.69) is 66.0 Å². The molecule has 0 saturated heterocycles. The van der Waals surface area contributed by atoms with Gasteiger partial charge in [-0.2, -0.15) is 0 Å². The van der Waals surface area contributed by atoms with Crippen LogP contribution in [0.1, 0.15) is 93.9 Å². The molecule has 0 aromatic carbocycles. The highest BCUT2D eigenvalue weighted by molar-refractivity contribution is 4.90. The Hall–Kier alpha value is -0.0800. The molecule has 2 N–H and O–H groups in total. The van der Waals surface area contributed by atoms with E-state index >= 15 is 0 Å². The molecule has 0 saturated carbocycles. The predicted molar refractivity (Wildman–Crippen MR) is 111 cm³/mol. The van der Waals surface area contributed by atoms with E-state index in [1.54, 1.807) is 0 Å². The fourth-order valence-corrected chi connectivity index (χ4v) is 4.10. The Labute approximate surface area is 154 Å². The summed E-state index contributed by atoms with van der Waals surface area (Å²) in [6.07, 6.45) is 8.13. The summed E-state index contributed by atoms with van der Waals surface area (Å²) in [5.74, 6) is 3.19. The van der Waals surface area contributed by atoms with Gasteiger partial charge in [-0.3, -0.25) is 0 Å². The average molecular weight is 341 g/mol. The molecule has 24 heavy (non-hydrogen) atoms. The van der Waals surface area contributed by atoms with E-state index in [-0.39, 0.29) is 5.54 Å². The van der Waals surface area contributed by atoms with Crippen molar-refractivity contribution >= 4 is 0 Å². The van der Waals surface area contributed by atoms with E-state index in [0.29, 0.717) is 12.0 Å². The maximum Gasteiger partial charge on any atom is 0.0161 e. The molecule has 0 heterocycles. The molecule has 2 nitrogen and oxygen atoms in total. The number of rotatable bonds is 14. The zero-order valence-electron chi connectivity index (χ0n) is 18.3. The maximum absolute atomic E-state index is 3.84. The average Bonchev–Trinajstić information content (AvgIpc) is 2.52. The van der Waals surface area contributed by atoms with Gasteiger partial charge >= 0.3 is 0 Å². The van der Waals surface area contributed by atoms with E-state index in [1.165, 1.54) is 38.5 Å². The number of hydrogen-bond donors (Lipinski definition) is 2. The SMILES string of the molecule is CCCCC(C(C)CC(C)CCC)C(C)C(C)(C)NCC(C)NC. The summed E-state index contributed by atoms with van der Waals surface area (Å²) in [5.41, 5.74) is 0.186. The zero-order valence-corrected chi connectivity index (χ0v) is 18.3. The van der Waals surface area contributed by atoms with Crippen LogP contribution in [0.5, 0.6) is 0 Å². The smallest absolute Gasteiger partial charge is 0.0161 e. The van der Waals surface area contributed by atoms with Gasteiger partial charge in [0.25, 0.3) is 0 Å². The van der Waals surface area contributed by atoms with Gasteiger partial charge < -0.3 is 10.6 Å². The van der Waals surface area contributed by atoms with Gasteiger partial charge in [0.2, 0.25) is 0 Å². The van der Waals surface area contributed by atoms with Gasteiger partial charge in [0.15, 0.2) is 0 Å². The van der Waals surface area contributed by atoms with Crippen LogP contribution < -0.4 is 10.6 Å². The van der Waals surface area contributed by atoms with Crippen molar-refractivity contribution in [2.45, 2.75) is 105 Å². The molecular weight excluding hydrogens is 292 g/mol. The number of nitrogens with one attached hydrogen (secondary N) is 2. The molecule has 0 bridgehead atoms. The summed E-state index contributed by atoms with van der Waals surface area (Å²) < 4.78 is 0. The Morgan fingerprint density at radius 2 is 1.54 bits per heavy atom. The quantitative estimate of drug-likeness (QED) is 0.413. The number of likely N-dealkylation sites (N-methyl/N-ethyl adjacent to an activating group) is 1. The van der Waals surface area contributed by atoms with E-state index in [1.807, 2.05) is 7.05 Å². The lowest BCUT2D eigenvalue weighted by Gasteiger charge is -2.42. The van der Waals surface area contributed by atoms with Crippen molar-refractivity contribution in [2.75, 3.05) is 13.6 Å². The lowest BCUT2D eigenvalue weighted by atomic mass is 9.69. The van der Waals surface area contributed by atoms with Crippen molar-refractivity contribution in [1.82, 2.24) is 10.6 Å². The van der Waals surface area contributed by atoms with Crippen LogP contribution in [-0.4, -0.2) is 25.2 Å². The minimum absolute atomic E-state index is 0.186. The van der Waals surface area contributed by atoms with E-state index < -0.39 is 0 Å². The summed E-state index contributed by atoms with van der Waals surface area (Å²) >= 11 is 0. The number of unbranched alkanes of at least 4 members (excludes halogenated alkanes) is 1. The molecule has 2 heteroatoms. The molecule has 0 rings (SSSR count). The van der Waals surface area contributed by atoms with Gasteiger partial charge in [0, 0.05) is 18.1 Å². The highest BCUT2D eigenvalue weighted by Crippen LogP contribution is 2.37. The molecule has 0 fully saturated rings. The van der Waals surface area contributed by atoms with Crippen molar-refractivity contribution in [3.05, 3.63) is 0 Å². The van der Waals surface area contributed by atoms with Crippen molar-refractivity contribution in [3.8, 4) is 0 Å². The molecule has 5 atom stereocenters. The van der Waals surface area contributed by atoms with Crippen LogP contribution in [0.3, 0.4) is 0 Å². The Bertz CT molecular complexity index is 300. The third-order valence-electron chi connectivity index (χ3n) is 6.31. The lowest BCUT2D eigenvalue weighted by molar-refractivity contribution is 0.122. The molecule has 0 aliphatic rings. The Morgan fingerprint density at radius 1 is 0.917 bits per heavy atom. The Morgan fingerprint density at radius 3 is 2.04 bits per heavy atom. The molecule has 0 aliphatic carbocycles. The van der Waals surface area contributed by atoms with Gasteiger partial charge in [-0.15, -0.1) is 0 Å². The second-order valence-electron chi connectivity index (χ2n) is 8.99. The van der Waals surface area contributed by atoms with Crippen LogP contribution in [-0.2, 0) is 0 Å². The van der Waals surface area contributed by atoms with Gasteiger partial charge in [-0.25, -0.2) is 0 Å². The fraction of sp³-hybridized carbons (Fsp3) is 1.00. The molecule has 0 spiro atoms. The van der Waals surface area contributed by atoms with Gasteiger partial charge in [0.05, 0.1) is 0 Å². The van der Waals surface area contributed by atoms with E-state index in [4.69, 9.17) is 0 Å². The van der Waals surface area contributed by atoms with Crippen molar-refractivity contribution < 1.29 is 0 Å². The summed E-state index contributed by atoms with van der Waals surface area (Å²) in [4.78, 5) is 0. The standard InChI is InChI=1S/C22H48N2/c1-10-12-14-21(18(4)15-17(3)13-11-2)20(6)22(7,8)24-16-19(5)23-9/h17-21,23-24H,10-16H2,1-9H3. The van der Waals surface area contributed by atoms with Gasteiger partial charge in [-0.05, 0) is 64.3 Å². The molecule has 0 aliphatic heterocycles. The molecule has 5 unspecified atom stereocenters. The largest absolute Gasteiger partial charge is 0.316 e. The predicted octanol–water partition coefficient (Wildman–Crippen LogP) is 5.87. The summed E-state index contributed by atoms with van der Waals surface area (Å²) in [5, 5.41) is 7.18. The molecule has 146 valence electrons. The van der Waals surface area contributed by atoms with Crippen molar-refractivity contribution in [1.29, 1.82) is 0 Å². The van der Waals surface area contributed by atoms with Gasteiger partial charge in [-0.1, -0.05) is 60.3 Å². The monoisotopic (exact) mass is 340 g/mol. The van der Waals surface area contributed by atoms with Crippen LogP contribution in [0.2, 0.25) is 0 Å². The lowest BCUT2D eigenvalue weighted by Crippen LogP contribution is -2.52. The fourth-order valence-electron chi connectivity index (χ4n) is 4.10. The minimum Gasteiger partial charge on any atom is -0.316 e. The van der Waals surface area contributed by atoms with Crippen molar-refractivity contribution in [2.24, 2.45) is 23.7 Å². The van der Waals surface area contributed by atoms with Crippen LogP contribution in [0, 0.1) is 23.7 Å². The highest BCUT2D eigenvalue weighted by Gasteiger charge is 2.34. The van der Waals surface area contributed by atoms with Gasteiger partial charge in [0.1, 0.15) is 0 Å². The first-order valence-electron chi connectivity index (χ1n) is 10.6. The first kappa shape index (κ1) is 23.9. The van der Waals surface area contributed by atoms with Crippen LogP contribution >= 0.6 is 0 Å². The highest BCUT2D eigenvalue weighted by atomic mass is 15.0. The van der Waals surface area contributed by atoms with E-state index in [9.17, 15) is 0 Å².